The second-order valence-corrected chi connectivity index (χ2v) is 10.4. The van der Waals surface area contributed by atoms with Gasteiger partial charge in [0.25, 0.3) is 0 Å². The molecule has 0 saturated carbocycles. The van der Waals surface area contributed by atoms with Crippen molar-refractivity contribution < 1.29 is 9.05 Å². The van der Waals surface area contributed by atoms with Crippen LogP contribution < -0.4 is 0 Å². The first-order valence-electron chi connectivity index (χ1n) is 10.2. The topological polar surface area (TPSA) is 27.7 Å². The van der Waals surface area contributed by atoms with E-state index in [4.69, 9.17) is 9.05 Å². The van der Waals surface area contributed by atoms with Crippen molar-refractivity contribution in [3.63, 3.8) is 0 Å². The normalized spacial score (nSPS) is 30.8. The fourth-order valence-corrected chi connectivity index (χ4v) is 7.35. The molecule has 0 aromatic carbocycles. The van der Waals surface area contributed by atoms with Crippen LogP contribution in [0.15, 0.2) is 36.5 Å². The molecule has 3 rings (SSSR count). The van der Waals surface area contributed by atoms with E-state index >= 15 is 0 Å². The fraction of sp³-hybridized carbons (Fsp3) is 0.714. The summed E-state index contributed by atoms with van der Waals surface area (Å²) in [5, 5.41) is 0. The third-order valence-corrected chi connectivity index (χ3v) is 8.84. The third-order valence-electron chi connectivity index (χ3n) is 5.04. The fourth-order valence-electron chi connectivity index (χ4n) is 3.53. The molecule has 3 atom stereocenters. The number of rotatable bonds is 6. The van der Waals surface area contributed by atoms with Crippen molar-refractivity contribution in [2.24, 2.45) is 0 Å². The number of hydrogen-bond donors (Lipinski definition) is 0. The summed E-state index contributed by atoms with van der Waals surface area (Å²) >= 11 is -2.68. The van der Waals surface area contributed by atoms with E-state index in [1.807, 2.05) is 0 Å². The molecule has 4 heteroatoms. The zero-order valence-corrected chi connectivity index (χ0v) is 17.9. The van der Waals surface area contributed by atoms with Crippen LogP contribution in [-0.4, -0.2) is 39.8 Å². The number of hydrogen-bond acceptors (Lipinski definition) is 3. The Bertz CT molecular complexity index is 393. The van der Waals surface area contributed by atoms with Crippen molar-refractivity contribution in [3.05, 3.63) is 36.5 Å². The summed E-state index contributed by atoms with van der Waals surface area (Å²) in [7, 11) is 0. The van der Waals surface area contributed by atoms with Crippen molar-refractivity contribution in [1.29, 1.82) is 0 Å². The molecule has 0 aliphatic heterocycles. The maximum absolute atomic E-state index is 6.44. The van der Waals surface area contributed by atoms with E-state index in [9.17, 15) is 0 Å². The molecule has 0 radical (unpaired) electrons. The van der Waals surface area contributed by atoms with Crippen LogP contribution in [0.3, 0.4) is 0 Å². The maximum atomic E-state index is 6.44. The quantitative estimate of drug-likeness (QED) is 0.390. The van der Waals surface area contributed by atoms with E-state index in [-0.39, 0.29) is 18.3 Å². The Morgan fingerprint density at radius 2 is 0.880 bits per heavy atom. The first-order chi connectivity index (χ1) is 12.4. The average Bonchev–Trinajstić information content (AvgIpc) is 3.11. The zero-order chi connectivity index (χ0) is 17.2. The van der Waals surface area contributed by atoms with Gasteiger partial charge in [0.05, 0.1) is 0 Å². The SMILES string of the molecule is C1=CC([O][Sb]([O]C2C=CCCCC2)[O]C2C=CCCCC2)CCCC1. The van der Waals surface area contributed by atoms with Crippen molar-refractivity contribution >= 4 is 21.5 Å². The second kappa shape index (κ2) is 11.6. The van der Waals surface area contributed by atoms with Crippen LogP contribution in [0, 0.1) is 0 Å². The van der Waals surface area contributed by atoms with Gasteiger partial charge in [-0.3, -0.25) is 0 Å². The minimum atomic E-state index is -2.68. The second-order valence-electron chi connectivity index (χ2n) is 7.29. The van der Waals surface area contributed by atoms with Gasteiger partial charge in [-0.25, -0.2) is 0 Å². The molecule has 3 nitrogen and oxygen atoms in total. The van der Waals surface area contributed by atoms with Crippen molar-refractivity contribution in [2.75, 3.05) is 0 Å². The zero-order valence-electron chi connectivity index (χ0n) is 15.4. The molecule has 0 amide bonds. The van der Waals surface area contributed by atoms with Gasteiger partial charge in [0, 0.05) is 0 Å². The van der Waals surface area contributed by atoms with Gasteiger partial charge in [-0.2, -0.15) is 0 Å². The predicted molar refractivity (Wildman–Crippen MR) is 103 cm³/mol. The van der Waals surface area contributed by atoms with E-state index < -0.39 is 21.5 Å². The van der Waals surface area contributed by atoms with Gasteiger partial charge in [0.1, 0.15) is 0 Å². The summed E-state index contributed by atoms with van der Waals surface area (Å²) < 4.78 is 19.3. The molecule has 0 spiro atoms. The van der Waals surface area contributed by atoms with Gasteiger partial charge in [0.15, 0.2) is 0 Å². The van der Waals surface area contributed by atoms with Gasteiger partial charge in [-0.1, -0.05) is 0 Å². The van der Waals surface area contributed by atoms with Crippen LogP contribution in [0.5, 0.6) is 0 Å². The molecule has 25 heavy (non-hydrogen) atoms. The van der Waals surface area contributed by atoms with Crippen LogP contribution in [-0.2, 0) is 9.05 Å². The molecule has 3 aliphatic carbocycles. The van der Waals surface area contributed by atoms with E-state index in [0.29, 0.717) is 0 Å². The molecule has 0 heterocycles. The van der Waals surface area contributed by atoms with E-state index in [1.165, 1.54) is 57.8 Å². The van der Waals surface area contributed by atoms with Crippen LogP contribution in [0.2, 0.25) is 0 Å². The van der Waals surface area contributed by atoms with Gasteiger partial charge in [-0.15, -0.1) is 0 Å². The molecular formula is C21H33O3Sb. The van der Waals surface area contributed by atoms with Gasteiger partial charge in [-0.05, 0) is 0 Å². The van der Waals surface area contributed by atoms with E-state index in [2.05, 4.69) is 36.5 Å². The van der Waals surface area contributed by atoms with E-state index in [1.54, 1.807) is 0 Å². The Balaban J connectivity index is 1.61. The van der Waals surface area contributed by atoms with Crippen molar-refractivity contribution in [3.8, 4) is 0 Å². The molecule has 0 aromatic rings. The van der Waals surface area contributed by atoms with Crippen LogP contribution in [0.1, 0.15) is 77.0 Å². The summed E-state index contributed by atoms with van der Waals surface area (Å²) in [4.78, 5) is 0. The monoisotopic (exact) mass is 454 g/mol. The van der Waals surface area contributed by atoms with Crippen LogP contribution >= 0.6 is 0 Å². The summed E-state index contributed by atoms with van der Waals surface area (Å²) in [6.07, 6.45) is 28.4. The summed E-state index contributed by atoms with van der Waals surface area (Å²) in [5.74, 6) is 0. The standard InChI is InChI=1S/3C7H11O.Sb/c3*8-7-5-3-1-2-4-6-7;/h3*3,5,7H,1-2,4,6H2;/q3*-1;+3. The van der Waals surface area contributed by atoms with Gasteiger partial charge in [0.2, 0.25) is 0 Å². The average molecular weight is 455 g/mol. The molecule has 3 unspecified atom stereocenters. The first kappa shape index (κ1) is 19.7. The number of allylic oxidation sites excluding steroid dienone is 3. The Morgan fingerprint density at radius 1 is 0.520 bits per heavy atom. The van der Waals surface area contributed by atoms with Crippen molar-refractivity contribution in [2.45, 2.75) is 95.4 Å². The molecule has 0 N–H and O–H groups in total. The minimum absolute atomic E-state index is 0.190. The molecule has 0 fully saturated rings. The predicted octanol–water partition coefficient (Wildman–Crippen LogP) is 5.52. The van der Waals surface area contributed by atoms with E-state index in [0.717, 1.165) is 19.3 Å². The van der Waals surface area contributed by atoms with Crippen molar-refractivity contribution in [1.82, 2.24) is 0 Å². The van der Waals surface area contributed by atoms with Crippen LogP contribution in [0.4, 0.5) is 0 Å². The molecule has 140 valence electrons. The molecule has 0 saturated heterocycles. The Labute approximate surface area is 162 Å². The molecule has 0 bridgehead atoms. The first-order valence-corrected chi connectivity index (χ1v) is 13.3. The summed E-state index contributed by atoms with van der Waals surface area (Å²) in [5.41, 5.74) is 0. The Hall–Kier alpha value is -0.0818. The summed E-state index contributed by atoms with van der Waals surface area (Å²) in [6.45, 7) is 0. The molecular weight excluding hydrogens is 422 g/mol. The molecule has 0 aromatic heterocycles. The van der Waals surface area contributed by atoms with Gasteiger partial charge >= 0.3 is 162 Å². The van der Waals surface area contributed by atoms with Gasteiger partial charge < -0.3 is 0 Å². The summed E-state index contributed by atoms with van der Waals surface area (Å²) in [6, 6.07) is 0. The Kier molecular flexibility index (Phi) is 9.12. The van der Waals surface area contributed by atoms with Crippen LogP contribution in [0.25, 0.3) is 0 Å². The molecule has 3 aliphatic rings. The third kappa shape index (κ3) is 7.59. The Morgan fingerprint density at radius 3 is 1.24 bits per heavy atom.